The molecule has 2 heterocycles. The van der Waals surface area contributed by atoms with Crippen molar-refractivity contribution in [2.45, 2.75) is 13.1 Å². The highest BCUT2D eigenvalue weighted by atomic mass is 16.2. The monoisotopic (exact) mass is 293 g/mol. The van der Waals surface area contributed by atoms with E-state index >= 15 is 0 Å². The summed E-state index contributed by atoms with van der Waals surface area (Å²) in [6, 6.07) is 12.1. The van der Waals surface area contributed by atoms with Gasteiger partial charge >= 0.3 is 6.03 Å². The van der Waals surface area contributed by atoms with E-state index in [9.17, 15) is 4.79 Å². The third-order valence-electron chi connectivity index (χ3n) is 3.73. The lowest BCUT2D eigenvalue weighted by Gasteiger charge is -2.30. The molecule has 22 heavy (non-hydrogen) atoms. The maximum absolute atomic E-state index is 12.0. The number of hydrogen-bond acceptors (Lipinski definition) is 1. The number of rotatable bonds is 0. The molecule has 2 aromatic rings. The van der Waals surface area contributed by atoms with E-state index in [4.69, 9.17) is 0 Å². The van der Waals surface area contributed by atoms with Gasteiger partial charge in [0.05, 0.1) is 6.54 Å². The van der Waals surface area contributed by atoms with E-state index in [-0.39, 0.29) is 6.03 Å². The molecule has 1 aliphatic heterocycles. The molecule has 4 nitrogen and oxygen atoms in total. The van der Waals surface area contributed by atoms with Crippen molar-refractivity contribution in [3.8, 4) is 11.8 Å². The minimum absolute atomic E-state index is 0.0596. The van der Waals surface area contributed by atoms with Crippen LogP contribution >= 0.6 is 0 Å². The van der Waals surface area contributed by atoms with Crippen molar-refractivity contribution in [1.29, 1.82) is 0 Å². The van der Waals surface area contributed by atoms with Gasteiger partial charge in [-0.25, -0.2) is 4.79 Å². The lowest BCUT2D eigenvalue weighted by molar-refractivity contribution is 0.158. The molecule has 0 fully saturated rings. The van der Waals surface area contributed by atoms with Crippen LogP contribution in [0.4, 0.5) is 4.79 Å². The predicted octanol–water partition coefficient (Wildman–Crippen LogP) is 2.39. The van der Waals surface area contributed by atoms with Crippen LogP contribution in [0.15, 0.2) is 42.6 Å². The molecule has 0 N–H and O–H groups in total. The lowest BCUT2D eigenvalue weighted by atomic mass is 10.2. The Morgan fingerprint density at radius 3 is 2.55 bits per heavy atom. The van der Waals surface area contributed by atoms with Crippen LogP contribution in [-0.4, -0.2) is 41.0 Å². The molecule has 0 saturated heterocycles. The molecular formula is C18H19N3O. The van der Waals surface area contributed by atoms with E-state index in [1.54, 1.807) is 19.0 Å². The smallest absolute Gasteiger partial charge is 0.319 e. The minimum atomic E-state index is 0.0596. The Morgan fingerprint density at radius 1 is 1.09 bits per heavy atom. The SMILES string of the molecule is CN(C)C(=O)N1CCn2cc(C#Cc3ccccc3)cc2C1. The fraction of sp³-hybridized carbons (Fsp3) is 0.278. The molecule has 0 radical (unpaired) electrons. The molecule has 0 spiro atoms. The second kappa shape index (κ2) is 5.98. The van der Waals surface area contributed by atoms with Crippen LogP contribution in [0.5, 0.6) is 0 Å². The molecule has 0 unspecified atom stereocenters. The number of benzene rings is 1. The van der Waals surface area contributed by atoms with Gasteiger partial charge in [-0.3, -0.25) is 0 Å². The quantitative estimate of drug-likeness (QED) is 0.686. The predicted molar refractivity (Wildman–Crippen MR) is 86.3 cm³/mol. The van der Waals surface area contributed by atoms with E-state index in [0.29, 0.717) is 6.54 Å². The molecule has 3 rings (SSSR count). The summed E-state index contributed by atoms with van der Waals surface area (Å²) in [5.74, 6) is 6.37. The van der Waals surface area contributed by atoms with Crippen molar-refractivity contribution in [2.24, 2.45) is 0 Å². The zero-order valence-corrected chi connectivity index (χ0v) is 12.9. The van der Waals surface area contributed by atoms with Gasteiger partial charge in [0.25, 0.3) is 0 Å². The molecule has 4 heteroatoms. The summed E-state index contributed by atoms with van der Waals surface area (Å²) in [4.78, 5) is 15.5. The Morgan fingerprint density at radius 2 is 1.82 bits per heavy atom. The second-order valence-corrected chi connectivity index (χ2v) is 5.63. The first kappa shape index (κ1) is 14.3. The summed E-state index contributed by atoms with van der Waals surface area (Å²) < 4.78 is 2.19. The Labute approximate surface area is 131 Å². The molecule has 0 bridgehead atoms. The van der Waals surface area contributed by atoms with Crippen LogP contribution in [0.2, 0.25) is 0 Å². The van der Waals surface area contributed by atoms with Crippen LogP contribution in [-0.2, 0) is 13.1 Å². The van der Waals surface area contributed by atoms with E-state index in [1.165, 1.54) is 0 Å². The summed E-state index contributed by atoms with van der Waals surface area (Å²) in [6.07, 6.45) is 2.07. The van der Waals surface area contributed by atoms with Crippen LogP contribution in [0, 0.1) is 11.8 Å². The summed E-state index contributed by atoms with van der Waals surface area (Å²) in [6.45, 7) is 2.20. The Balaban J connectivity index is 1.77. The molecule has 112 valence electrons. The number of carbonyl (C=O) groups excluding carboxylic acids is 1. The van der Waals surface area contributed by atoms with Gasteiger partial charge in [0.15, 0.2) is 0 Å². The van der Waals surface area contributed by atoms with Crippen LogP contribution in [0.1, 0.15) is 16.8 Å². The fourth-order valence-corrected chi connectivity index (χ4v) is 2.58. The average molecular weight is 293 g/mol. The number of hydrogen-bond donors (Lipinski definition) is 0. The second-order valence-electron chi connectivity index (χ2n) is 5.63. The summed E-state index contributed by atoms with van der Waals surface area (Å²) in [7, 11) is 3.57. The van der Waals surface area contributed by atoms with Gasteiger partial charge < -0.3 is 14.4 Å². The number of aromatic nitrogens is 1. The van der Waals surface area contributed by atoms with Crippen LogP contribution < -0.4 is 0 Å². The molecule has 0 saturated carbocycles. The van der Waals surface area contributed by atoms with Crippen molar-refractivity contribution in [1.82, 2.24) is 14.4 Å². The maximum atomic E-state index is 12.0. The number of amides is 2. The van der Waals surface area contributed by atoms with Gasteiger partial charge in [-0.15, -0.1) is 0 Å². The molecule has 0 aliphatic carbocycles. The van der Waals surface area contributed by atoms with Gasteiger partial charge in [-0.05, 0) is 18.2 Å². The molecule has 1 aromatic carbocycles. The molecular weight excluding hydrogens is 274 g/mol. The molecule has 2 amide bonds. The standard InChI is InChI=1S/C18H19N3O/c1-19(2)18(22)21-11-10-20-13-16(12-17(20)14-21)9-8-15-6-4-3-5-7-15/h3-7,12-13H,10-11,14H2,1-2H3. The number of fused-ring (bicyclic) bond motifs is 1. The largest absolute Gasteiger partial charge is 0.347 e. The summed E-state index contributed by atoms with van der Waals surface area (Å²) in [5, 5.41) is 0. The van der Waals surface area contributed by atoms with Gasteiger partial charge in [-0.2, -0.15) is 0 Å². The first-order valence-electron chi connectivity index (χ1n) is 7.36. The zero-order chi connectivity index (χ0) is 15.5. The van der Waals surface area contributed by atoms with Crippen molar-refractivity contribution < 1.29 is 4.79 Å². The highest BCUT2D eigenvalue weighted by Crippen LogP contribution is 2.17. The van der Waals surface area contributed by atoms with Crippen LogP contribution in [0.3, 0.4) is 0 Å². The first-order chi connectivity index (χ1) is 10.6. The summed E-state index contributed by atoms with van der Waals surface area (Å²) >= 11 is 0. The van der Waals surface area contributed by atoms with Crippen LogP contribution in [0.25, 0.3) is 0 Å². The Hall–Kier alpha value is -2.67. The maximum Gasteiger partial charge on any atom is 0.319 e. The normalized spacial score (nSPS) is 13.1. The lowest BCUT2D eigenvalue weighted by Crippen LogP contribution is -2.43. The number of urea groups is 1. The molecule has 1 aromatic heterocycles. The number of carbonyl (C=O) groups is 1. The van der Waals surface area contributed by atoms with E-state index in [1.807, 2.05) is 35.2 Å². The topological polar surface area (TPSA) is 28.5 Å². The first-order valence-corrected chi connectivity index (χ1v) is 7.36. The van der Waals surface area contributed by atoms with Crippen molar-refractivity contribution in [2.75, 3.05) is 20.6 Å². The molecule has 1 aliphatic rings. The van der Waals surface area contributed by atoms with Gasteiger partial charge in [0, 0.05) is 50.2 Å². The number of nitrogens with zero attached hydrogens (tertiary/aromatic N) is 3. The Bertz CT molecular complexity index is 735. The molecule has 0 atom stereocenters. The van der Waals surface area contributed by atoms with Gasteiger partial charge in [0.2, 0.25) is 0 Å². The van der Waals surface area contributed by atoms with Gasteiger partial charge in [0.1, 0.15) is 0 Å². The third-order valence-corrected chi connectivity index (χ3v) is 3.73. The highest BCUT2D eigenvalue weighted by Gasteiger charge is 2.21. The minimum Gasteiger partial charge on any atom is -0.347 e. The van der Waals surface area contributed by atoms with Crippen molar-refractivity contribution >= 4 is 6.03 Å². The fourth-order valence-electron chi connectivity index (χ4n) is 2.58. The third kappa shape index (κ3) is 2.99. The zero-order valence-electron chi connectivity index (χ0n) is 12.9. The summed E-state index contributed by atoms with van der Waals surface area (Å²) in [5.41, 5.74) is 3.15. The van der Waals surface area contributed by atoms with Crippen molar-refractivity contribution in [3.05, 3.63) is 59.4 Å². The van der Waals surface area contributed by atoms with E-state index < -0.39 is 0 Å². The van der Waals surface area contributed by atoms with Gasteiger partial charge in [-0.1, -0.05) is 30.0 Å². The highest BCUT2D eigenvalue weighted by molar-refractivity contribution is 5.73. The van der Waals surface area contributed by atoms with Crippen molar-refractivity contribution in [3.63, 3.8) is 0 Å². The average Bonchev–Trinajstić information content (AvgIpc) is 2.95. The van der Waals surface area contributed by atoms with E-state index in [0.717, 1.165) is 29.9 Å². The Kier molecular flexibility index (Phi) is 3.88. The van der Waals surface area contributed by atoms with E-state index in [2.05, 4.69) is 28.7 Å².